The Morgan fingerprint density at radius 1 is 1.36 bits per heavy atom. The smallest absolute Gasteiger partial charge is 0.326 e. The number of nitrogens with one attached hydrogen (secondary N) is 1. The van der Waals surface area contributed by atoms with Gasteiger partial charge in [-0.1, -0.05) is 28.9 Å². The number of aliphatic carboxylic acids is 1. The van der Waals surface area contributed by atoms with Crippen LogP contribution in [0.2, 0.25) is 0 Å². The zero-order valence-electron chi connectivity index (χ0n) is 12.2. The molecule has 1 aromatic heterocycles. The molecule has 3 rings (SSSR count). The third-order valence-corrected chi connectivity index (χ3v) is 4.72. The number of halogens is 1. The lowest BCUT2D eigenvalue weighted by Gasteiger charge is -2.35. The van der Waals surface area contributed by atoms with Gasteiger partial charge in [0.2, 0.25) is 0 Å². The van der Waals surface area contributed by atoms with E-state index < -0.39 is 12.0 Å². The van der Waals surface area contributed by atoms with Crippen molar-refractivity contribution in [3.8, 4) is 0 Å². The fraction of sp³-hybridized carbons (Fsp3) is 0.375. The summed E-state index contributed by atoms with van der Waals surface area (Å²) in [6.45, 7) is 2.51. The number of fused-ring (bicyclic) bond motifs is 1. The quantitative estimate of drug-likeness (QED) is 0.858. The molecule has 0 spiro atoms. The minimum atomic E-state index is -0.932. The third-order valence-electron chi connectivity index (χ3n) is 4.23. The number of likely N-dealkylation sites (tertiary alicyclic amines) is 1. The number of H-pyrrole nitrogens is 1. The Morgan fingerprint density at radius 2 is 2.14 bits per heavy atom. The predicted molar refractivity (Wildman–Crippen MR) is 86.9 cm³/mol. The van der Waals surface area contributed by atoms with Gasteiger partial charge < -0.3 is 15.0 Å². The van der Waals surface area contributed by atoms with Crippen LogP contribution in [0.1, 0.15) is 30.3 Å². The van der Waals surface area contributed by atoms with Crippen molar-refractivity contribution in [1.29, 1.82) is 0 Å². The molecular formula is C16H17BrN2O3. The van der Waals surface area contributed by atoms with E-state index in [1.165, 1.54) is 4.90 Å². The fourth-order valence-corrected chi connectivity index (χ4v) is 3.35. The molecule has 2 unspecified atom stereocenters. The minimum absolute atomic E-state index is 0.244. The van der Waals surface area contributed by atoms with Gasteiger partial charge in [-0.25, -0.2) is 4.79 Å². The summed E-state index contributed by atoms with van der Waals surface area (Å²) in [7, 11) is 0. The first-order valence-electron chi connectivity index (χ1n) is 7.28. The molecule has 0 aliphatic carbocycles. The molecule has 6 heteroatoms. The molecule has 2 N–H and O–H groups in total. The lowest BCUT2D eigenvalue weighted by molar-refractivity contribution is -0.144. The zero-order valence-corrected chi connectivity index (χ0v) is 13.8. The third kappa shape index (κ3) is 2.75. The number of carbonyl (C=O) groups is 2. The van der Waals surface area contributed by atoms with E-state index in [2.05, 4.69) is 20.9 Å². The molecule has 1 fully saturated rings. The van der Waals surface area contributed by atoms with Crippen molar-refractivity contribution in [2.24, 2.45) is 5.92 Å². The second-order valence-corrected chi connectivity index (χ2v) is 6.81. The van der Waals surface area contributed by atoms with Gasteiger partial charge in [0.05, 0.1) is 0 Å². The van der Waals surface area contributed by atoms with Gasteiger partial charge in [-0.3, -0.25) is 4.79 Å². The van der Waals surface area contributed by atoms with Crippen molar-refractivity contribution in [2.75, 3.05) is 6.54 Å². The van der Waals surface area contributed by atoms with Crippen LogP contribution in [0.25, 0.3) is 10.9 Å². The minimum Gasteiger partial charge on any atom is -0.480 e. The molecule has 0 bridgehead atoms. The predicted octanol–water partition coefficient (Wildman–Crippen LogP) is 3.26. The number of rotatable bonds is 2. The second kappa shape index (κ2) is 5.76. The molecule has 5 nitrogen and oxygen atoms in total. The van der Waals surface area contributed by atoms with Crippen LogP contribution in [0, 0.1) is 5.92 Å². The van der Waals surface area contributed by atoms with Crippen molar-refractivity contribution >= 4 is 38.7 Å². The van der Waals surface area contributed by atoms with E-state index in [4.69, 9.17) is 0 Å². The number of nitrogens with zero attached hydrogens (tertiary/aromatic N) is 1. The van der Waals surface area contributed by atoms with E-state index in [-0.39, 0.29) is 5.91 Å². The van der Waals surface area contributed by atoms with Crippen LogP contribution < -0.4 is 0 Å². The SMILES string of the molecule is CC1CCN(C(=O)c2cc3ccc(Br)cc3[nH]2)C(C(=O)O)C1. The van der Waals surface area contributed by atoms with Gasteiger partial charge in [0.1, 0.15) is 11.7 Å². The van der Waals surface area contributed by atoms with E-state index >= 15 is 0 Å². The maximum Gasteiger partial charge on any atom is 0.326 e. The Morgan fingerprint density at radius 3 is 2.86 bits per heavy atom. The zero-order chi connectivity index (χ0) is 15.9. The molecule has 1 aromatic carbocycles. The van der Waals surface area contributed by atoms with Gasteiger partial charge in [0.25, 0.3) is 5.91 Å². The summed E-state index contributed by atoms with van der Waals surface area (Å²) in [5.41, 5.74) is 1.30. The highest BCUT2D eigenvalue weighted by molar-refractivity contribution is 9.10. The van der Waals surface area contributed by atoms with Gasteiger partial charge in [0.15, 0.2) is 0 Å². The largest absolute Gasteiger partial charge is 0.480 e. The fourth-order valence-electron chi connectivity index (χ4n) is 2.99. The molecule has 2 aromatic rings. The van der Waals surface area contributed by atoms with Gasteiger partial charge >= 0.3 is 5.97 Å². The average Bonchev–Trinajstić information content (AvgIpc) is 2.89. The van der Waals surface area contributed by atoms with Crippen LogP contribution >= 0.6 is 15.9 Å². The standard InChI is InChI=1S/C16H17BrN2O3/c1-9-4-5-19(14(6-9)16(21)22)15(20)13-7-10-2-3-11(17)8-12(10)18-13/h2-3,7-9,14,18H,4-6H2,1H3,(H,21,22). The Hall–Kier alpha value is -1.82. The van der Waals surface area contributed by atoms with Crippen LogP contribution in [0.3, 0.4) is 0 Å². The van der Waals surface area contributed by atoms with Gasteiger partial charge in [-0.05, 0) is 37.0 Å². The number of piperidine rings is 1. The average molecular weight is 365 g/mol. The summed E-state index contributed by atoms with van der Waals surface area (Å²) in [4.78, 5) is 28.7. The van der Waals surface area contributed by atoms with E-state index in [0.717, 1.165) is 21.8 Å². The van der Waals surface area contributed by atoms with Crippen LogP contribution in [0.15, 0.2) is 28.7 Å². The van der Waals surface area contributed by atoms with Crippen LogP contribution in [0.5, 0.6) is 0 Å². The van der Waals surface area contributed by atoms with Crippen LogP contribution in [-0.4, -0.2) is 39.5 Å². The number of carbonyl (C=O) groups excluding carboxylic acids is 1. The molecule has 2 heterocycles. The first-order chi connectivity index (χ1) is 10.5. The van der Waals surface area contributed by atoms with Crippen molar-refractivity contribution in [3.63, 3.8) is 0 Å². The van der Waals surface area contributed by atoms with Gasteiger partial charge in [-0.2, -0.15) is 0 Å². The summed E-state index contributed by atoms with van der Waals surface area (Å²) in [6.07, 6.45) is 1.34. The van der Waals surface area contributed by atoms with Crippen molar-refractivity contribution in [1.82, 2.24) is 9.88 Å². The molecule has 0 radical (unpaired) electrons. The number of benzene rings is 1. The van der Waals surface area contributed by atoms with Crippen LogP contribution in [-0.2, 0) is 4.79 Å². The lowest BCUT2D eigenvalue weighted by atomic mass is 9.92. The van der Waals surface area contributed by atoms with Crippen LogP contribution in [0.4, 0.5) is 0 Å². The summed E-state index contributed by atoms with van der Waals surface area (Å²) in [5.74, 6) is -0.853. The molecule has 1 saturated heterocycles. The van der Waals surface area contributed by atoms with E-state index in [1.54, 1.807) is 6.07 Å². The van der Waals surface area contributed by atoms with Gasteiger partial charge in [-0.15, -0.1) is 0 Å². The van der Waals surface area contributed by atoms with Crippen molar-refractivity contribution in [2.45, 2.75) is 25.8 Å². The number of carboxylic acids is 1. The van der Waals surface area contributed by atoms with Crippen molar-refractivity contribution in [3.05, 3.63) is 34.4 Å². The molecule has 1 aliphatic rings. The van der Waals surface area contributed by atoms with Crippen molar-refractivity contribution < 1.29 is 14.7 Å². The summed E-state index contributed by atoms with van der Waals surface area (Å²) < 4.78 is 0.927. The summed E-state index contributed by atoms with van der Waals surface area (Å²) >= 11 is 3.40. The Kier molecular flexibility index (Phi) is 3.95. The normalized spacial score (nSPS) is 22.0. The number of aromatic nitrogens is 1. The number of amides is 1. The topological polar surface area (TPSA) is 73.4 Å². The molecule has 116 valence electrons. The number of aromatic amines is 1. The number of hydrogen-bond acceptors (Lipinski definition) is 2. The van der Waals surface area contributed by atoms with E-state index in [0.29, 0.717) is 24.6 Å². The first-order valence-corrected chi connectivity index (χ1v) is 8.07. The Balaban J connectivity index is 1.92. The second-order valence-electron chi connectivity index (χ2n) is 5.90. The molecule has 22 heavy (non-hydrogen) atoms. The molecule has 0 saturated carbocycles. The molecule has 2 atom stereocenters. The Bertz CT molecular complexity index is 740. The highest BCUT2D eigenvalue weighted by atomic mass is 79.9. The maximum absolute atomic E-state index is 12.7. The van der Waals surface area contributed by atoms with Gasteiger partial charge in [0, 0.05) is 21.9 Å². The summed E-state index contributed by atoms with van der Waals surface area (Å²) in [5, 5.41) is 10.3. The lowest BCUT2D eigenvalue weighted by Crippen LogP contribution is -2.49. The molecular weight excluding hydrogens is 348 g/mol. The monoisotopic (exact) mass is 364 g/mol. The molecule has 1 aliphatic heterocycles. The number of carboxylic acid groups (broad SMARTS) is 1. The van der Waals surface area contributed by atoms with E-state index in [9.17, 15) is 14.7 Å². The van der Waals surface area contributed by atoms with E-state index in [1.807, 2.05) is 25.1 Å². The highest BCUT2D eigenvalue weighted by Gasteiger charge is 2.35. The maximum atomic E-state index is 12.7. The Labute approximate surface area is 136 Å². The summed E-state index contributed by atoms with van der Waals surface area (Å²) in [6, 6.07) is 6.77. The molecule has 1 amide bonds. The number of hydrogen-bond donors (Lipinski definition) is 2. The highest BCUT2D eigenvalue weighted by Crippen LogP contribution is 2.26. The first kappa shape index (κ1) is 15.1.